The monoisotopic (exact) mass is 374 g/mol. The van der Waals surface area contributed by atoms with Gasteiger partial charge in [-0.2, -0.15) is 0 Å². The first-order chi connectivity index (χ1) is 9.81. The average molecular weight is 376 g/mol. The standard InChI is InChI=1S/C14H10BrClF2N2O/c1-6-4-7(15)11(5-8(6)16)20-14(21)12-9(17)2-3-10(19)13(12)18/h2-5H,19H2,1H3,(H,20,21). The van der Waals surface area contributed by atoms with Crippen LogP contribution in [-0.2, 0) is 0 Å². The number of carbonyl (C=O) groups is 1. The van der Waals surface area contributed by atoms with Crippen molar-refractivity contribution in [2.24, 2.45) is 0 Å². The Bertz CT molecular complexity index is 737. The van der Waals surface area contributed by atoms with E-state index in [0.29, 0.717) is 15.2 Å². The first-order valence-electron chi connectivity index (χ1n) is 5.81. The van der Waals surface area contributed by atoms with Crippen LogP contribution in [0.4, 0.5) is 20.2 Å². The molecule has 0 aromatic heterocycles. The van der Waals surface area contributed by atoms with Crippen LogP contribution in [0.25, 0.3) is 0 Å². The Labute approximate surface area is 133 Å². The fourth-order valence-electron chi connectivity index (χ4n) is 1.70. The van der Waals surface area contributed by atoms with Crippen molar-refractivity contribution in [3.05, 3.63) is 56.5 Å². The van der Waals surface area contributed by atoms with Crippen molar-refractivity contribution in [2.45, 2.75) is 6.92 Å². The molecule has 0 bridgehead atoms. The SMILES string of the molecule is Cc1cc(Br)c(NC(=O)c2c(F)ccc(N)c2F)cc1Cl. The zero-order valence-corrected chi connectivity index (χ0v) is 13.1. The third-order valence-corrected chi connectivity index (χ3v) is 3.91. The molecule has 21 heavy (non-hydrogen) atoms. The lowest BCUT2D eigenvalue weighted by atomic mass is 10.1. The maximum absolute atomic E-state index is 13.8. The second kappa shape index (κ2) is 5.99. The Morgan fingerprint density at radius 3 is 2.67 bits per heavy atom. The van der Waals surface area contributed by atoms with Gasteiger partial charge in [-0.3, -0.25) is 4.79 Å². The highest BCUT2D eigenvalue weighted by Gasteiger charge is 2.20. The Balaban J connectivity index is 2.40. The zero-order chi connectivity index (χ0) is 15.7. The molecule has 0 aliphatic carbocycles. The van der Waals surface area contributed by atoms with Crippen LogP contribution in [0.15, 0.2) is 28.7 Å². The number of nitrogen functional groups attached to an aromatic ring is 1. The Morgan fingerprint density at radius 1 is 1.33 bits per heavy atom. The van der Waals surface area contributed by atoms with Gasteiger partial charge >= 0.3 is 0 Å². The molecule has 3 N–H and O–H groups in total. The number of rotatable bonds is 2. The van der Waals surface area contributed by atoms with Gasteiger partial charge in [0.05, 0.1) is 11.4 Å². The topological polar surface area (TPSA) is 55.1 Å². The molecular weight excluding hydrogens is 366 g/mol. The maximum Gasteiger partial charge on any atom is 0.261 e. The van der Waals surface area contributed by atoms with Crippen molar-refractivity contribution >= 4 is 44.8 Å². The fourth-order valence-corrected chi connectivity index (χ4v) is 2.42. The number of anilines is 2. The summed E-state index contributed by atoms with van der Waals surface area (Å²) in [4.78, 5) is 12.0. The molecule has 1 amide bonds. The molecule has 0 aliphatic rings. The van der Waals surface area contributed by atoms with Gasteiger partial charge in [-0.1, -0.05) is 11.6 Å². The molecule has 0 unspecified atom stereocenters. The molecule has 0 saturated carbocycles. The van der Waals surface area contributed by atoms with Gasteiger partial charge in [0.2, 0.25) is 0 Å². The van der Waals surface area contributed by atoms with Crippen LogP contribution >= 0.6 is 27.5 Å². The summed E-state index contributed by atoms with van der Waals surface area (Å²) in [6, 6.07) is 5.16. The maximum atomic E-state index is 13.8. The van der Waals surface area contributed by atoms with Gasteiger partial charge in [0, 0.05) is 9.50 Å². The minimum absolute atomic E-state index is 0.303. The number of nitrogens with one attached hydrogen (secondary N) is 1. The van der Waals surface area contributed by atoms with E-state index in [9.17, 15) is 13.6 Å². The molecule has 2 aromatic rings. The van der Waals surface area contributed by atoms with Crippen LogP contribution in [0.3, 0.4) is 0 Å². The summed E-state index contributed by atoms with van der Waals surface area (Å²) < 4.78 is 28.0. The molecule has 2 rings (SSSR count). The lowest BCUT2D eigenvalue weighted by molar-refractivity contribution is 0.101. The van der Waals surface area contributed by atoms with E-state index in [1.165, 1.54) is 6.07 Å². The van der Waals surface area contributed by atoms with E-state index in [-0.39, 0.29) is 5.69 Å². The number of aryl methyl sites for hydroxylation is 1. The van der Waals surface area contributed by atoms with Gasteiger partial charge in [-0.25, -0.2) is 8.78 Å². The van der Waals surface area contributed by atoms with Gasteiger partial charge in [-0.15, -0.1) is 0 Å². The van der Waals surface area contributed by atoms with Crippen LogP contribution in [0, 0.1) is 18.6 Å². The van der Waals surface area contributed by atoms with Crippen LogP contribution in [0.5, 0.6) is 0 Å². The van der Waals surface area contributed by atoms with Crippen molar-refractivity contribution in [3.63, 3.8) is 0 Å². The molecule has 0 atom stereocenters. The Hall–Kier alpha value is -1.66. The minimum atomic E-state index is -1.10. The lowest BCUT2D eigenvalue weighted by Gasteiger charge is -2.11. The largest absolute Gasteiger partial charge is 0.396 e. The molecule has 0 heterocycles. The fraction of sp³-hybridized carbons (Fsp3) is 0.0714. The zero-order valence-electron chi connectivity index (χ0n) is 10.8. The highest BCUT2D eigenvalue weighted by Crippen LogP contribution is 2.30. The van der Waals surface area contributed by atoms with Crippen molar-refractivity contribution < 1.29 is 13.6 Å². The first-order valence-corrected chi connectivity index (χ1v) is 6.99. The van der Waals surface area contributed by atoms with E-state index < -0.39 is 23.1 Å². The Kier molecular flexibility index (Phi) is 4.49. The summed E-state index contributed by atoms with van der Waals surface area (Å²) in [7, 11) is 0. The minimum Gasteiger partial charge on any atom is -0.396 e. The summed E-state index contributed by atoms with van der Waals surface area (Å²) >= 11 is 9.21. The summed E-state index contributed by atoms with van der Waals surface area (Å²) in [6.45, 7) is 1.79. The smallest absolute Gasteiger partial charge is 0.261 e. The van der Waals surface area contributed by atoms with Crippen LogP contribution in [0.2, 0.25) is 5.02 Å². The van der Waals surface area contributed by atoms with E-state index >= 15 is 0 Å². The second-order valence-corrected chi connectivity index (χ2v) is 5.62. The molecule has 110 valence electrons. The molecule has 0 spiro atoms. The predicted octanol–water partition coefficient (Wildman–Crippen LogP) is 4.52. The molecule has 2 aromatic carbocycles. The highest BCUT2D eigenvalue weighted by molar-refractivity contribution is 9.10. The number of nitrogens with two attached hydrogens (primary N) is 1. The number of benzene rings is 2. The van der Waals surface area contributed by atoms with Gasteiger partial charge in [0.15, 0.2) is 5.82 Å². The normalized spacial score (nSPS) is 10.5. The number of halogens is 4. The van der Waals surface area contributed by atoms with Crippen molar-refractivity contribution in [3.8, 4) is 0 Å². The number of hydrogen-bond acceptors (Lipinski definition) is 2. The average Bonchev–Trinajstić information content (AvgIpc) is 2.41. The second-order valence-electron chi connectivity index (χ2n) is 4.36. The van der Waals surface area contributed by atoms with Gasteiger partial charge in [-0.05, 0) is 52.7 Å². The molecule has 0 radical (unpaired) electrons. The van der Waals surface area contributed by atoms with E-state index in [1.807, 2.05) is 0 Å². The molecule has 3 nitrogen and oxygen atoms in total. The summed E-state index contributed by atoms with van der Waals surface area (Å²) in [6.07, 6.45) is 0. The first kappa shape index (κ1) is 15.7. The van der Waals surface area contributed by atoms with E-state index in [4.69, 9.17) is 17.3 Å². The van der Waals surface area contributed by atoms with Crippen LogP contribution < -0.4 is 11.1 Å². The van der Waals surface area contributed by atoms with Gasteiger partial charge in [0.25, 0.3) is 5.91 Å². The number of carbonyl (C=O) groups excluding carboxylic acids is 1. The van der Waals surface area contributed by atoms with Crippen molar-refractivity contribution in [1.29, 1.82) is 0 Å². The van der Waals surface area contributed by atoms with Crippen LogP contribution in [-0.4, -0.2) is 5.91 Å². The quantitative estimate of drug-likeness (QED) is 0.758. The summed E-state index contributed by atoms with van der Waals surface area (Å²) in [5, 5.41) is 2.82. The third kappa shape index (κ3) is 3.16. The summed E-state index contributed by atoms with van der Waals surface area (Å²) in [5.74, 6) is -3.03. The Morgan fingerprint density at radius 2 is 2.00 bits per heavy atom. The van der Waals surface area contributed by atoms with Crippen molar-refractivity contribution in [1.82, 2.24) is 0 Å². The molecule has 0 saturated heterocycles. The van der Waals surface area contributed by atoms with E-state index in [2.05, 4.69) is 21.2 Å². The van der Waals surface area contributed by atoms with Crippen molar-refractivity contribution in [2.75, 3.05) is 11.1 Å². The van der Waals surface area contributed by atoms with Crippen LogP contribution in [0.1, 0.15) is 15.9 Å². The highest BCUT2D eigenvalue weighted by atomic mass is 79.9. The lowest BCUT2D eigenvalue weighted by Crippen LogP contribution is -2.17. The number of amides is 1. The third-order valence-electron chi connectivity index (χ3n) is 2.84. The molecular formula is C14H10BrClF2N2O. The van der Waals surface area contributed by atoms with Gasteiger partial charge in [0.1, 0.15) is 11.4 Å². The molecule has 7 heteroatoms. The molecule has 0 aliphatic heterocycles. The molecule has 0 fully saturated rings. The van der Waals surface area contributed by atoms with E-state index in [0.717, 1.165) is 17.7 Å². The number of hydrogen-bond donors (Lipinski definition) is 2. The summed E-state index contributed by atoms with van der Waals surface area (Å²) in [5.41, 5.74) is 5.40. The van der Waals surface area contributed by atoms with Gasteiger partial charge < -0.3 is 11.1 Å². The van der Waals surface area contributed by atoms with E-state index in [1.54, 1.807) is 13.0 Å². The predicted molar refractivity (Wildman–Crippen MR) is 82.6 cm³/mol.